The van der Waals surface area contributed by atoms with Crippen molar-refractivity contribution in [3.8, 4) is 5.75 Å². The third-order valence-corrected chi connectivity index (χ3v) is 4.56. The van der Waals surface area contributed by atoms with Crippen molar-refractivity contribution in [2.75, 3.05) is 6.54 Å². The van der Waals surface area contributed by atoms with E-state index in [0.717, 1.165) is 37.8 Å². The minimum atomic E-state index is 0.123. The third kappa shape index (κ3) is 2.16. The smallest absolute Gasteiger partial charge is 0.139 e. The molecule has 3 unspecified atom stereocenters. The van der Waals surface area contributed by atoms with Crippen molar-refractivity contribution in [2.45, 2.75) is 44.7 Å². The fourth-order valence-corrected chi connectivity index (χ4v) is 3.81. The Labute approximate surface area is 114 Å². The van der Waals surface area contributed by atoms with Gasteiger partial charge in [-0.25, -0.2) is 0 Å². The molecule has 1 aromatic carbocycles. The van der Waals surface area contributed by atoms with E-state index in [1.54, 1.807) is 6.07 Å². The molecule has 2 bridgehead atoms. The Kier molecular flexibility index (Phi) is 3.31. The predicted octanol–water partition coefficient (Wildman–Crippen LogP) is 2.90. The Bertz CT molecular complexity index is 485. The molecule has 1 aliphatic carbocycles. The van der Waals surface area contributed by atoms with Crippen LogP contribution in [0.1, 0.15) is 44.2 Å². The number of piperidine rings is 2. The van der Waals surface area contributed by atoms with Crippen LogP contribution >= 0.6 is 0 Å². The number of phenolic OH excluding ortho intramolecular Hbond substituents is 1. The van der Waals surface area contributed by atoms with Crippen molar-refractivity contribution in [1.82, 2.24) is 4.90 Å². The van der Waals surface area contributed by atoms with E-state index in [9.17, 15) is 9.90 Å². The topological polar surface area (TPSA) is 40.5 Å². The predicted molar refractivity (Wildman–Crippen MR) is 74.0 cm³/mol. The monoisotopic (exact) mass is 259 g/mol. The zero-order chi connectivity index (χ0) is 13.4. The second-order valence-electron chi connectivity index (χ2n) is 5.79. The number of ketones is 1. The standard InChI is InChI=1S/C16H21NO2/c1-2-8-17-12-6-7-14(15(19)10-12)16(17)11-4-3-5-13(18)9-11/h3-5,9,12,14,16,18H,2,6-8,10H2,1H3. The van der Waals surface area contributed by atoms with Gasteiger partial charge in [0, 0.05) is 24.4 Å². The summed E-state index contributed by atoms with van der Waals surface area (Å²) in [6.07, 6.45) is 3.97. The van der Waals surface area contributed by atoms with Gasteiger partial charge in [-0.05, 0) is 43.5 Å². The number of hydrogen-bond donors (Lipinski definition) is 1. The van der Waals surface area contributed by atoms with Crippen LogP contribution in [0, 0.1) is 5.92 Å². The molecule has 3 fully saturated rings. The normalized spacial score (nSPS) is 30.8. The Morgan fingerprint density at radius 3 is 2.89 bits per heavy atom. The number of nitrogens with zero attached hydrogens (tertiary/aromatic N) is 1. The molecule has 1 saturated carbocycles. The van der Waals surface area contributed by atoms with Crippen LogP contribution in [0.4, 0.5) is 0 Å². The number of phenols is 1. The van der Waals surface area contributed by atoms with Gasteiger partial charge < -0.3 is 5.11 Å². The van der Waals surface area contributed by atoms with E-state index in [4.69, 9.17) is 0 Å². The number of aromatic hydroxyl groups is 1. The number of rotatable bonds is 3. The average Bonchev–Trinajstić information content (AvgIpc) is 2.40. The molecule has 3 atom stereocenters. The van der Waals surface area contributed by atoms with Crippen LogP contribution < -0.4 is 0 Å². The lowest BCUT2D eigenvalue weighted by molar-refractivity contribution is -0.138. The first-order valence-electron chi connectivity index (χ1n) is 7.28. The number of fused-ring (bicyclic) bond motifs is 3. The Morgan fingerprint density at radius 1 is 1.37 bits per heavy atom. The second-order valence-corrected chi connectivity index (χ2v) is 5.79. The lowest BCUT2D eigenvalue weighted by Gasteiger charge is -2.50. The van der Waals surface area contributed by atoms with Crippen LogP contribution in [-0.4, -0.2) is 28.4 Å². The summed E-state index contributed by atoms with van der Waals surface area (Å²) >= 11 is 0. The average molecular weight is 259 g/mol. The highest BCUT2D eigenvalue weighted by molar-refractivity contribution is 5.84. The van der Waals surface area contributed by atoms with E-state index in [0.29, 0.717) is 17.6 Å². The zero-order valence-corrected chi connectivity index (χ0v) is 11.4. The first-order chi connectivity index (χ1) is 9.20. The lowest BCUT2D eigenvalue weighted by Crippen LogP contribution is -2.54. The van der Waals surface area contributed by atoms with Crippen LogP contribution in [-0.2, 0) is 4.79 Å². The van der Waals surface area contributed by atoms with E-state index >= 15 is 0 Å². The molecule has 3 nitrogen and oxygen atoms in total. The molecule has 1 aromatic rings. The van der Waals surface area contributed by atoms with Crippen molar-refractivity contribution < 1.29 is 9.90 Å². The maximum absolute atomic E-state index is 12.2. The van der Waals surface area contributed by atoms with Gasteiger partial charge in [0.05, 0.1) is 0 Å². The zero-order valence-electron chi connectivity index (χ0n) is 11.4. The molecule has 2 saturated heterocycles. The van der Waals surface area contributed by atoms with Crippen LogP contribution in [0.25, 0.3) is 0 Å². The van der Waals surface area contributed by atoms with Crippen molar-refractivity contribution in [3.05, 3.63) is 29.8 Å². The van der Waals surface area contributed by atoms with E-state index in [1.165, 1.54) is 0 Å². The minimum Gasteiger partial charge on any atom is -0.508 e. The van der Waals surface area contributed by atoms with Gasteiger partial charge in [0.2, 0.25) is 0 Å². The summed E-state index contributed by atoms with van der Waals surface area (Å²) < 4.78 is 0. The molecule has 3 aliphatic rings. The molecule has 102 valence electrons. The largest absolute Gasteiger partial charge is 0.508 e. The van der Waals surface area contributed by atoms with Gasteiger partial charge >= 0.3 is 0 Å². The summed E-state index contributed by atoms with van der Waals surface area (Å²) in [5, 5.41) is 9.69. The first-order valence-corrected chi connectivity index (χ1v) is 7.28. The van der Waals surface area contributed by atoms with Gasteiger partial charge in [0.25, 0.3) is 0 Å². The molecule has 3 heteroatoms. The van der Waals surface area contributed by atoms with E-state index in [1.807, 2.05) is 18.2 Å². The maximum Gasteiger partial charge on any atom is 0.139 e. The maximum atomic E-state index is 12.2. The SMILES string of the molecule is CCCN1C2CCC(C(=O)C2)C1c1cccc(O)c1. The number of benzene rings is 1. The molecule has 1 N–H and O–H groups in total. The molecule has 0 amide bonds. The van der Waals surface area contributed by atoms with Crippen LogP contribution in [0.15, 0.2) is 24.3 Å². The molecule has 0 spiro atoms. The van der Waals surface area contributed by atoms with Crippen LogP contribution in [0.2, 0.25) is 0 Å². The van der Waals surface area contributed by atoms with Crippen molar-refractivity contribution >= 4 is 5.78 Å². The summed E-state index contributed by atoms with van der Waals surface area (Å²) in [5.74, 6) is 0.832. The minimum absolute atomic E-state index is 0.123. The summed E-state index contributed by atoms with van der Waals surface area (Å²) in [5.41, 5.74) is 1.09. The van der Waals surface area contributed by atoms with Crippen molar-refractivity contribution in [1.29, 1.82) is 0 Å². The molecule has 0 radical (unpaired) electrons. The summed E-state index contributed by atoms with van der Waals surface area (Å²) in [7, 11) is 0. The van der Waals surface area contributed by atoms with Gasteiger partial charge in [-0.3, -0.25) is 9.69 Å². The van der Waals surface area contributed by atoms with Crippen LogP contribution in [0.5, 0.6) is 5.75 Å². The first kappa shape index (κ1) is 12.7. The highest BCUT2D eigenvalue weighted by atomic mass is 16.3. The molecule has 4 rings (SSSR count). The number of hydrogen-bond acceptors (Lipinski definition) is 3. The van der Waals surface area contributed by atoms with Gasteiger partial charge in [0.1, 0.15) is 11.5 Å². The van der Waals surface area contributed by atoms with E-state index < -0.39 is 0 Å². The van der Waals surface area contributed by atoms with E-state index in [2.05, 4.69) is 11.8 Å². The lowest BCUT2D eigenvalue weighted by atomic mass is 9.71. The second kappa shape index (κ2) is 4.97. The number of Topliss-reactive ketones (excluding diaryl/α,β-unsaturated/α-hetero) is 1. The van der Waals surface area contributed by atoms with Crippen molar-refractivity contribution in [3.63, 3.8) is 0 Å². The summed E-state index contributed by atoms with van der Waals surface area (Å²) in [6.45, 7) is 3.22. The van der Waals surface area contributed by atoms with Crippen molar-refractivity contribution in [2.24, 2.45) is 5.92 Å². The number of carbonyl (C=O) groups is 1. The van der Waals surface area contributed by atoms with Gasteiger partial charge in [-0.2, -0.15) is 0 Å². The molecule has 2 aliphatic heterocycles. The highest BCUT2D eigenvalue weighted by Gasteiger charge is 2.46. The fourth-order valence-electron chi connectivity index (χ4n) is 3.81. The Morgan fingerprint density at radius 2 is 2.21 bits per heavy atom. The van der Waals surface area contributed by atoms with Gasteiger partial charge in [-0.1, -0.05) is 19.1 Å². The molecule has 19 heavy (non-hydrogen) atoms. The van der Waals surface area contributed by atoms with E-state index in [-0.39, 0.29) is 12.0 Å². The molecular weight excluding hydrogens is 238 g/mol. The van der Waals surface area contributed by atoms with Gasteiger partial charge in [-0.15, -0.1) is 0 Å². The molecule has 0 aromatic heterocycles. The quantitative estimate of drug-likeness (QED) is 0.907. The summed E-state index contributed by atoms with van der Waals surface area (Å²) in [4.78, 5) is 14.7. The van der Waals surface area contributed by atoms with Crippen LogP contribution in [0.3, 0.4) is 0 Å². The molecule has 2 heterocycles. The highest BCUT2D eigenvalue weighted by Crippen LogP contribution is 2.46. The Balaban J connectivity index is 1.97. The third-order valence-electron chi connectivity index (χ3n) is 4.56. The molecular formula is C16H21NO2. The fraction of sp³-hybridized carbons (Fsp3) is 0.562. The number of carbonyl (C=O) groups excluding carboxylic acids is 1. The summed E-state index contributed by atoms with van der Waals surface area (Å²) in [6, 6.07) is 8.01. The van der Waals surface area contributed by atoms with Gasteiger partial charge in [0.15, 0.2) is 0 Å². The Hall–Kier alpha value is -1.35.